The number of aliphatic hydroxyl groups excluding tert-OH is 1. The summed E-state index contributed by atoms with van der Waals surface area (Å²) in [5, 5.41) is 10.4. The predicted molar refractivity (Wildman–Crippen MR) is 72.8 cm³/mol. The van der Waals surface area contributed by atoms with Crippen LogP contribution in [0, 0.1) is 12.7 Å². The van der Waals surface area contributed by atoms with Crippen LogP contribution in [-0.2, 0) is 0 Å². The molecular formula is C16H17FO2. The van der Waals surface area contributed by atoms with Gasteiger partial charge < -0.3 is 9.84 Å². The summed E-state index contributed by atoms with van der Waals surface area (Å²) in [4.78, 5) is 0. The first-order chi connectivity index (χ1) is 9.15. The standard InChI is InChI=1S/C16H17FO2/c1-3-19-14-10-5-4-8-12(14)16(18)13-9-6-7-11(2)15(13)17/h4-10,16,18H,3H2,1-2H3. The van der Waals surface area contributed by atoms with E-state index in [1.165, 1.54) is 0 Å². The molecule has 19 heavy (non-hydrogen) atoms. The van der Waals surface area contributed by atoms with Crippen LogP contribution in [0.15, 0.2) is 42.5 Å². The van der Waals surface area contributed by atoms with Crippen molar-refractivity contribution < 1.29 is 14.2 Å². The molecule has 0 fully saturated rings. The number of benzene rings is 2. The van der Waals surface area contributed by atoms with Crippen molar-refractivity contribution in [1.29, 1.82) is 0 Å². The van der Waals surface area contributed by atoms with Gasteiger partial charge in [0.05, 0.1) is 6.61 Å². The Morgan fingerprint density at radius 2 is 1.79 bits per heavy atom. The number of rotatable bonds is 4. The lowest BCUT2D eigenvalue weighted by Gasteiger charge is -2.17. The Bertz CT molecular complexity index is 566. The molecule has 0 saturated heterocycles. The van der Waals surface area contributed by atoms with E-state index in [9.17, 15) is 9.50 Å². The lowest BCUT2D eigenvalue weighted by molar-refractivity contribution is 0.207. The van der Waals surface area contributed by atoms with E-state index in [2.05, 4.69) is 0 Å². The summed E-state index contributed by atoms with van der Waals surface area (Å²) < 4.78 is 19.5. The van der Waals surface area contributed by atoms with Gasteiger partial charge in [0.2, 0.25) is 0 Å². The maximum absolute atomic E-state index is 14.1. The van der Waals surface area contributed by atoms with Crippen LogP contribution in [0.1, 0.15) is 29.7 Å². The maximum atomic E-state index is 14.1. The number of hydrogen-bond acceptors (Lipinski definition) is 2. The Morgan fingerprint density at radius 3 is 2.53 bits per heavy atom. The molecule has 0 amide bonds. The van der Waals surface area contributed by atoms with E-state index >= 15 is 0 Å². The Morgan fingerprint density at radius 1 is 1.11 bits per heavy atom. The minimum atomic E-state index is -1.03. The molecule has 0 heterocycles. The van der Waals surface area contributed by atoms with E-state index in [0.717, 1.165) is 0 Å². The molecule has 0 bridgehead atoms. The van der Waals surface area contributed by atoms with Gasteiger partial charge in [-0.25, -0.2) is 4.39 Å². The van der Waals surface area contributed by atoms with Crippen LogP contribution in [0.3, 0.4) is 0 Å². The van der Waals surface area contributed by atoms with E-state index < -0.39 is 6.10 Å². The molecule has 1 N–H and O–H groups in total. The van der Waals surface area contributed by atoms with E-state index in [4.69, 9.17) is 4.74 Å². The minimum Gasteiger partial charge on any atom is -0.493 e. The van der Waals surface area contributed by atoms with E-state index in [1.807, 2.05) is 13.0 Å². The molecule has 2 aromatic rings. The zero-order valence-electron chi connectivity index (χ0n) is 11.1. The van der Waals surface area contributed by atoms with Crippen molar-refractivity contribution in [2.24, 2.45) is 0 Å². The molecule has 1 atom stereocenters. The first-order valence-corrected chi connectivity index (χ1v) is 6.30. The van der Waals surface area contributed by atoms with Crippen molar-refractivity contribution in [2.45, 2.75) is 20.0 Å². The fourth-order valence-corrected chi connectivity index (χ4v) is 2.04. The second kappa shape index (κ2) is 5.85. The number of aliphatic hydroxyl groups is 1. The van der Waals surface area contributed by atoms with Gasteiger partial charge in [-0.1, -0.05) is 36.4 Å². The summed E-state index contributed by atoms with van der Waals surface area (Å²) in [6.45, 7) is 4.05. The molecule has 0 radical (unpaired) electrons. The first-order valence-electron chi connectivity index (χ1n) is 6.30. The highest BCUT2D eigenvalue weighted by Crippen LogP contribution is 2.31. The number of aryl methyl sites for hydroxylation is 1. The number of hydrogen-bond donors (Lipinski definition) is 1. The molecule has 0 spiro atoms. The smallest absolute Gasteiger partial charge is 0.132 e. The van der Waals surface area contributed by atoms with Crippen LogP contribution < -0.4 is 4.74 Å². The normalized spacial score (nSPS) is 12.2. The third-order valence-corrected chi connectivity index (χ3v) is 3.03. The van der Waals surface area contributed by atoms with Crippen molar-refractivity contribution in [3.63, 3.8) is 0 Å². The molecule has 2 rings (SSSR count). The highest BCUT2D eigenvalue weighted by atomic mass is 19.1. The zero-order valence-corrected chi connectivity index (χ0v) is 11.1. The van der Waals surface area contributed by atoms with Crippen molar-refractivity contribution in [1.82, 2.24) is 0 Å². The summed E-state index contributed by atoms with van der Waals surface area (Å²) in [5.41, 5.74) is 1.37. The summed E-state index contributed by atoms with van der Waals surface area (Å²) in [6, 6.07) is 12.2. The average Bonchev–Trinajstić information content (AvgIpc) is 2.42. The fourth-order valence-electron chi connectivity index (χ4n) is 2.04. The van der Waals surface area contributed by atoms with Crippen molar-refractivity contribution in [3.05, 3.63) is 65.0 Å². The van der Waals surface area contributed by atoms with Crippen molar-refractivity contribution in [2.75, 3.05) is 6.61 Å². The van der Waals surface area contributed by atoms with E-state index in [-0.39, 0.29) is 11.4 Å². The van der Waals surface area contributed by atoms with E-state index in [1.54, 1.807) is 43.3 Å². The van der Waals surface area contributed by atoms with Crippen LogP contribution in [0.5, 0.6) is 5.75 Å². The Balaban J connectivity index is 2.44. The number of halogens is 1. The SMILES string of the molecule is CCOc1ccccc1C(O)c1cccc(C)c1F. The van der Waals surface area contributed by atoms with Crippen LogP contribution in [0.2, 0.25) is 0 Å². The lowest BCUT2D eigenvalue weighted by atomic mass is 9.98. The second-order valence-electron chi connectivity index (χ2n) is 4.35. The quantitative estimate of drug-likeness (QED) is 0.909. The van der Waals surface area contributed by atoms with Gasteiger partial charge in [-0.2, -0.15) is 0 Å². The molecule has 0 aliphatic heterocycles. The topological polar surface area (TPSA) is 29.5 Å². The molecule has 2 nitrogen and oxygen atoms in total. The van der Waals surface area contributed by atoms with Gasteiger partial charge in [0.15, 0.2) is 0 Å². The Hall–Kier alpha value is -1.87. The average molecular weight is 260 g/mol. The minimum absolute atomic E-state index is 0.271. The monoisotopic (exact) mass is 260 g/mol. The predicted octanol–water partition coefficient (Wildman–Crippen LogP) is 3.61. The van der Waals surface area contributed by atoms with Crippen LogP contribution in [-0.4, -0.2) is 11.7 Å². The number of ether oxygens (including phenoxy) is 1. The third kappa shape index (κ3) is 2.76. The van der Waals surface area contributed by atoms with Crippen LogP contribution in [0.25, 0.3) is 0 Å². The van der Waals surface area contributed by atoms with Gasteiger partial charge in [-0.05, 0) is 25.5 Å². The first kappa shape index (κ1) is 13.6. The fraction of sp³-hybridized carbons (Fsp3) is 0.250. The molecule has 0 aliphatic rings. The second-order valence-corrected chi connectivity index (χ2v) is 4.35. The third-order valence-electron chi connectivity index (χ3n) is 3.03. The summed E-state index contributed by atoms with van der Waals surface area (Å²) >= 11 is 0. The zero-order chi connectivity index (χ0) is 13.8. The van der Waals surface area contributed by atoms with Gasteiger partial charge in [-0.15, -0.1) is 0 Å². The van der Waals surface area contributed by atoms with Gasteiger partial charge in [0.1, 0.15) is 17.7 Å². The summed E-state index contributed by atoms with van der Waals surface area (Å²) in [7, 11) is 0. The largest absolute Gasteiger partial charge is 0.493 e. The van der Waals surface area contributed by atoms with Crippen molar-refractivity contribution >= 4 is 0 Å². The van der Waals surface area contributed by atoms with Crippen molar-refractivity contribution in [3.8, 4) is 5.75 Å². The molecule has 0 aliphatic carbocycles. The van der Waals surface area contributed by atoms with Crippen LogP contribution in [0.4, 0.5) is 4.39 Å². The molecule has 2 aromatic carbocycles. The van der Waals surface area contributed by atoms with Crippen LogP contribution >= 0.6 is 0 Å². The summed E-state index contributed by atoms with van der Waals surface area (Å²) in [6.07, 6.45) is -1.03. The molecule has 0 saturated carbocycles. The number of para-hydroxylation sites is 1. The van der Waals surface area contributed by atoms with E-state index in [0.29, 0.717) is 23.5 Å². The van der Waals surface area contributed by atoms with Gasteiger partial charge in [0.25, 0.3) is 0 Å². The van der Waals surface area contributed by atoms with Gasteiger partial charge >= 0.3 is 0 Å². The maximum Gasteiger partial charge on any atom is 0.132 e. The van der Waals surface area contributed by atoms with Gasteiger partial charge in [0, 0.05) is 11.1 Å². The highest BCUT2D eigenvalue weighted by Gasteiger charge is 2.19. The highest BCUT2D eigenvalue weighted by molar-refractivity contribution is 5.41. The molecule has 100 valence electrons. The molecule has 1 unspecified atom stereocenters. The Labute approximate surface area is 112 Å². The molecule has 3 heteroatoms. The Kier molecular flexibility index (Phi) is 4.17. The molecule has 0 aromatic heterocycles. The lowest BCUT2D eigenvalue weighted by Crippen LogP contribution is -2.06. The van der Waals surface area contributed by atoms with Gasteiger partial charge in [-0.3, -0.25) is 0 Å². The summed E-state index contributed by atoms with van der Waals surface area (Å²) in [5.74, 6) is 0.208. The molecular weight excluding hydrogens is 243 g/mol.